The molecule has 9 nitrogen and oxygen atoms in total. The first-order valence-corrected chi connectivity index (χ1v) is 34.9. The number of likely N-dealkylation sites (N-methyl/N-ethyl adjacent to an activating group) is 1. The highest BCUT2D eigenvalue weighted by Crippen LogP contribution is 2.38. The number of carbonyl (C=O) groups is 2. The highest BCUT2D eigenvalue weighted by atomic mass is 31.2. The number of nitrogens with zero attached hydrogens (tertiary/aromatic N) is 1. The minimum atomic E-state index is -4.72. The second kappa shape index (κ2) is 59.4. The van der Waals surface area contributed by atoms with Gasteiger partial charge in [0.2, 0.25) is 5.91 Å². The molecule has 0 aliphatic rings. The summed E-state index contributed by atoms with van der Waals surface area (Å²) < 4.78 is 30.4. The lowest BCUT2D eigenvalue weighted by molar-refractivity contribution is -0.870. The molecule has 0 aliphatic carbocycles. The summed E-state index contributed by atoms with van der Waals surface area (Å²) in [5, 5.41) is 3.01. The third-order valence-electron chi connectivity index (χ3n) is 14.6. The highest BCUT2D eigenvalue weighted by molar-refractivity contribution is 7.45. The van der Waals surface area contributed by atoms with Gasteiger partial charge < -0.3 is 28.5 Å². The van der Waals surface area contributed by atoms with E-state index in [0.717, 1.165) is 89.9 Å². The molecule has 1 amide bonds. The summed E-state index contributed by atoms with van der Waals surface area (Å²) in [5.41, 5.74) is 0. The van der Waals surface area contributed by atoms with Crippen molar-refractivity contribution in [3.8, 4) is 0 Å². The van der Waals surface area contributed by atoms with Gasteiger partial charge in [-0.2, -0.15) is 0 Å². The number of allylic oxidation sites excluding steroid dienone is 13. The second-order valence-electron chi connectivity index (χ2n) is 23.6. The molecule has 0 aromatic rings. The number of nitrogens with one attached hydrogen (secondary N) is 1. The lowest BCUT2D eigenvalue weighted by atomic mass is 10.0. The van der Waals surface area contributed by atoms with Crippen LogP contribution in [0.1, 0.15) is 297 Å². The molecular formula is C70H127N2O7P. The van der Waals surface area contributed by atoms with Gasteiger partial charge >= 0.3 is 5.97 Å². The van der Waals surface area contributed by atoms with E-state index in [-0.39, 0.29) is 31.3 Å². The van der Waals surface area contributed by atoms with Gasteiger partial charge in [-0.25, -0.2) is 0 Å². The maximum absolute atomic E-state index is 13.5. The fourth-order valence-corrected chi connectivity index (χ4v) is 10.2. The molecule has 3 unspecified atom stereocenters. The Hall–Kier alpha value is -2.81. The minimum absolute atomic E-state index is 0.0330. The van der Waals surface area contributed by atoms with Crippen molar-refractivity contribution in [2.75, 3.05) is 40.9 Å². The molecule has 0 rings (SSSR count). The quantitative estimate of drug-likeness (QED) is 0.0212. The summed E-state index contributed by atoms with van der Waals surface area (Å²) in [6, 6.07) is -0.914. The molecule has 80 heavy (non-hydrogen) atoms. The number of ether oxygens (including phenoxy) is 1. The van der Waals surface area contributed by atoms with Gasteiger partial charge in [-0.1, -0.05) is 286 Å². The van der Waals surface area contributed by atoms with Crippen LogP contribution in [-0.2, 0) is 27.9 Å². The highest BCUT2D eigenvalue weighted by Gasteiger charge is 2.27. The first-order chi connectivity index (χ1) is 38.9. The van der Waals surface area contributed by atoms with Crippen LogP contribution in [0.4, 0.5) is 0 Å². The van der Waals surface area contributed by atoms with Gasteiger partial charge in [-0.15, -0.1) is 0 Å². The molecule has 0 saturated heterocycles. The van der Waals surface area contributed by atoms with Crippen molar-refractivity contribution < 1.29 is 37.3 Å². The summed E-state index contributed by atoms with van der Waals surface area (Å²) in [5.74, 6) is -0.585. The van der Waals surface area contributed by atoms with Crippen LogP contribution in [-0.4, -0.2) is 69.4 Å². The Morgan fingerprint density at radius 1 is 0.450 bits per heavy atom. The van der Waals surface area contributed by atoms with Crippen molar-refractivity contribution in [3.63, 3.8) is 0 Å². The Balaban J connectivity index is 5.23. The number of amides is 1. The van der Waals surface area contributed by atoms with Crippen molar-refractivity contribution in [1.29, 1.82) is 0 Å². The van der Waals surface area contributed by atoms with Crippen LogP contribution < -0.4 is 10.2 Å². The van der Waals surface area contributed by atoms with Crippen LogP contribution in [0.25, 0.3) is 0 Å². The number of phosphoric ester groups is 1. The number of carbonyl (C=O) groups excluding carboxylic acids is 2. The van der Waals surface area contributed by atoms with E-state index in [1.807, 2.05) is 33.3 Å². The molecule has 3 atom stereocenters. The van der Waals surface area contributed by atoms with Crippen LogP contribution in [0.5, 0.6) is 0 Å². The fraction of sp³-hybridized carbons (Fsp3) is 0.771. The number of quaternary nitrogens is 1. The van der Waals surface area contributed by atoms with Gasteiger partial charge in [0.05, 0.1) is 33.8 Å². The third kappa shape index (κ3) is 59.8. The van der Waals surface area contributed by atoms with E-state index in [2.05, 4.69) is 99.0 Å². The summed E-state index contributed by atoms with van der Waals surface area (Å²) >= 11 is 0. The Morgan fingerprint density at radius 2 is 0.800 bits per heavy atom. The number of unbranched alkanes of at least 4 members (excludes halogenated alkanes) is 32. The summed E-state index contributed by atoms with van der Waals surface area (Å²) in [7, 11) is 1.15. The van der Waals surface area contributed by atoms with Crippen LogP contribution in [0.3, 0.4) is 0 Å². The molecular weight excluding hydrogens is 1010 g/mol. The average Bonchev–Trinajstić information content (AvgIpc) is 3.42. The Bertz CT molecular complexity index is 1640. The zero-order valence-corrected chi connectivity index (χ0v) is 53.9. The van der Waals surface area contributed by atoms with E-state index in [4.69, 9.17) is 13.8 Å². The summed E-state index contributed by atoms with van der Waals surface area (Å²) in [6.45, 7) is 6.72. The molecule has 0 bridgehead atoms. The maximum Gasteiger partial charge on any atom is 0.306 e. The van der Waals surface area contributed by atoms with E-state index in [0.29, 0.717) is 17.4 Å². The van der Waals surface area contributed by atoms with Gasteiger partial charge in [0.25, 0.3) is 7.82 Å². The predicted octanol–water partition coefficient (Wildman–Crippen LogP) is 20.3. The SMILES string of the molecule is CC/C=C\C/C=C\C/C=C\C/C=C\C/C=C\C/C=C\CCCCC(=O)NC(COP(=O)([O-])OCC[N+](C)(C)C)C(/C=C/CCCCCCCCCCCC)OC(=O)CCCCCCCCCCCCCCCCCCCCCCC. The maximum atomic E-state index is 13.5. The van der Waals surface area contributed by atoms with Crippen LogP contribution in [0, 0.1) is 0 Å². The normalized spacial score (nSPS) is 14.1. The minimum Gasteiger partial charge on any atom is -0.756 e. The Labute approximate surface area is 495 Å². The first kappa shape index (κ1) is 77.2. The topological polar surface area (TPSA) is 114 Å². The van der Waals surface area contributed by atoms with Crippen molar-refractivity contribution in [1.82, 2.24) is 5.32 Å². The van der Waals surface area contributed by atoms with Crippen LogP contribution in [0.15, 0.2) is 85.1 Å². The standard InChI is InChI=1S/C70H127N2O7P/c1-7-10-13-16-19-22-25-28-30-32-34-36-38-40-42-44-47-50-53-56-59-62-69(73)71-67(66-78-80(75,76)77-65-64-72(4,5)6)68(61-58-55-52-49-46-27-24-21-18-15-12-9-3)79-70(74)63-60-57-54-51-48-45-43-41-39-37-35-33-31-29-26-23-20-17-14-11-8-2/h10,13,19,22,28,30,34,36,40,42,47,50,58,61,67-68H,7-9,11-12,14-18,20-21,23-27,29,31-33,35,37-39,41,43-46,48-49,51-57,59-60,62-66H2,1-6H3,(H-,71,73,75,76)/b13-10-,22-19-,30-28-,36-34-,42-40-,50-47-,61-58+. The summed E-state index contributed by atoms with van der Waals surface area (Å²) in [4.78, 5) is 40.1. The van der Waals surface area contributed by atoms with Gasteiger partial charge in [-0.05, 0) is 83.1 Å². The average molecular weight is 1140 g/mol. The largest absolute Gasteiger partial charge is 0.756 e. The Morgan fingerprint density at radius 3 is 1.21 bits per heavy atom. The number of hydrogen-bond acceptors (Lipinski definition) is 7. The van der Waals surface area contributed by atoms with E-state index in [9.17, 15) is 19.0 Å². The Kier molecular flexibility index (Phi) is 57.3. The van der Waals surface area contributed by atoms with Crippen LogP contribution in [0.2, 0.25) is 0 Å². The van der Waals surface area contributed by atoms with Crippen LogP contribution >= 0.6 is 7.82 Å². The zero-order chi connectivity index (χ0) is 58.6. The molecule has 1 N–H and O–H groups in total. The number of phosphoric acid groups is 1. The molecule has 0 aliphatic heterocycles. The van der Waals surface area contributed by atoms with Crippen molar-refractivity contribution >= 4 is 19.7 Å². The zero-order valence-electron chi connectivity index (χ0n) is 53.0. The fourth-order valence-electron chi connectivity index (χ4n) is 9.47. The lowest BCUT2D eigenvalue weighted by Crippen LogP contribution is -2.47. The molecule has 464 valence electrons. The van der Waals surface area contributed by atoms with Crippen molar-refractivity contribution in [2.45, 2.75) is 309 Å². The smallest absolute Gasteiger partial charge is 0.306 e. The van der Waals surface area contributed by atoms with Gasteiger partial charge in [-0.3, -0.25) is 14.2 Å². The molecule has 0 heterocycles. The first-order valence-electron chi connectivity index (χ1n) is 33.4. The van der Waals surface area contributed by atoms with E-state index in [1.165, 1.54) is 167 Å². The van der Waals surface area contributed by atoms with E-state index >= 15 is 0 Å². The monoisotopic (exact) mass is 1140 g/mol. The van der Waals surface area contributed by atoms with E-state index < -0.39 is 26.6 Å². The third-order valence-corrected chi connectivity index (χ3v) is 15.6. The van der Waals surface area contributed by atoms with Gasteiger partial charge in [0.15, 0.2) is 0 Å². The number of hydrogen-bond donors (Lipinski definition) is 1. The van der Waals surface area contributed by atoms with Crippen molar-refractivity contribution in [2.24, 2.45) is 0 Å². The molecule has 0 saturated carbocycles. The summed E-state index contributed by atoms with van der Waals surface area (Å²) in [6.07, 6.45) is 78.5. The molecule has 0 spiro atoms. The molecule has 0 aromatic heterocycles. The second-order valence-corrected chi connectivity index (χ2v) is 25.0. The lowest BCUT2D eigenvalue weighted by Gasteiger charge is -2.30. The molecule has 0 radical (unpaired) electrons. The molecule has 10 heteroatoms. The van der Waals surface area contributed by atoms with E-state index in [1.54, 1.807) is 0 Å². The predicted molar refractivity (Wildman–Crippen MR) is 344 cm³/mol. The van der Waals surface area contributed by atoms with Crippen molar-refractivity contribution in [3.05, 3.63) is 85.1 Å². The number of rotatable bonds is 60. The van der Waals surface area contributed by atoms with Gasteiger partial charge in [0, 0.05) is 12.8 Å². The number of esters is 1. The molecule has 0 aromatic carbocycles. The van der Waals surface area contributed by atoms with Gasteiger partial charge in [0.1, 0.15) is 19.3 Å². The molecule has 0 fully saturated rings.